The van der Waals surface area contributed by atoms with Crippen LogP contribution in [0.1, 0.15) is 0 Å². The van der Waals surface area contributed by atoms with E-state index in [-0.39, 0.29) is 0 Å². The van der Waals surface area contributed by atoms with Gasteiger partial charge in [0.2, 0.25) is 0 Å². The summed E-state index contributed by atoms with van der Waals surface area (Å²) >= 11 is 5.96. The summed E-state index contributed by atoms with van der Waals surface area (Å²) in [6.07, 6.45) is 3.64. The van der Waals surface area contributed by atoms with Gasteiger partial charge in [-0.1, -0.05) is 48.0 Å². The first-order valence-electron chi connectivity index (χ1n) is 10.8. The standard InChI is InChI=1S/C27H27ClN2O3/c1-31-26-16-17-29-20-27(26,33-19-18-32-25-14-12-22(28)13-15-25)21-30(23-8-4-2-5-9-23)24-10-6-3-7-11-24/h2-17H,18-21H2,1H3. The molecule has 5 nitrogen and oxygen atoms in total. The first-order chi connectivity index (χ1) is 16.2. The van der Waals surface area contributed by atoms with Crippen molar-refractivity contribution >= 4 is 29.2 Å². The molecule has 4 rings (SSSR count). The minimum Gasteiger partial charge on any atom is -0.498 e. The zero-order chi connectivity index (χ0) is 22.9. The molecule has 0 saturated carbocycles. The van der Waals surface area contributed by atoms with Gasteiger partial charge in [-0.3, -0.25) is 4.99 Å². The number of allylic oxidation sites excluding steroid dienone is 1. The van der Waals surface area contributed by atoms with E-state index in [2.05, 4.69) is 34.2 Å². The number of anilines is 2. The van der Waals surface area contributed by atoms with Crippen molar-refractivity contribution in [2.24, 2.45) is 4.99 Å². The molecule has 6 heteroatoms. The molecule has 0 aliphatic carbocycles. The van der Waals surface area contributed by atoms with Gasteiger partial charge in [0, 0.05) is 22.6 Å². The van der Waals surface area contributed by atoms with Crippen LogP contribution in [0.2, 0.25) is 5.02 Å². The number of aliphatic imine (C=N–C) groups is 1. The van der Waals surface area contributed by atoms with Crippen LogP contribution in [-0.4, -0.2) is 45.2 Å². The second-order valence-electron chi connectivity index (χ2n) is 7.63. The third-order valence-corrected chi connectivity index (χ3v) is 5.69. The van der Waals surface area contributed by atoms with Crippen LogP contribution in [0.4, 0.5) is 11.4 Å². The Bertz CT molecular complexity index is 1030. The lowest BCUT2D eigenvalue weighted by Gasteiger charge is -2.40. The van der Waals surface area contributed by atoms with Crippen molar-refractivity contribution in [3.05, 3.63) is 102 Å². The molecule has 1 atom stereocenters. The Morgan fingerprint density at radius 3 is 2.12 bits per heavy atom. The maximum atomic E-state index is 6.49. The van der Waals surface area contributed by atoms with Gasteiger partial charge in [-0.15, -0.1) is 0 Å². The van der Waals surface area contributed by atoms with Crippen LogP contribution < -0.4 is 9.64 Å². The highest BCUT2D eigenvalue weighted by atomic mass is 35.5. The number of rotatable bonds is 10. The lowest BCUT2D eigenvalue weighted by Crippen LogP contribution is -2.50. The minimum absolute atomic E-state index is 0.371. The summed E-state index contributed by atoms with van der Waals surface area (Å²) in [5.41, 5.74) is 1.36. The van der Waals surface area contributed by atoms with Gasteiger partial charge in [-0.25, -0.2) is 0 Å². The van der Waals surface area contributed by atoms with Gasteiger partial charge in [0.05, 0.1) is 26.8 Å². The van der Waals surface area contributed by atoms with E-state index in [4.69, 9.17) is 25.8 Å². The van der Waals surface area contributed by atoms with Crippen molar-refractivity contribution in [1.82, 2.24) is 0 Å². The number of ether oxygens (including phenoxy) is 3. The molecule has 0 saturated heterocycles. The van der Waals surface area contributed by atoms with E-state index in [0.29, 0.717) is 31.3 Å². The topological polar surface area (TPSA) is 43.3 Å². The van der Waals surface area contributed by atoms with Gasteiger partial charge in [-0.2, -0.15) is 0 Å². The summed E-state index contributed by atoms with van der Waals surface area (Å²) < 4.78 is 18.1. The summed E-state index contributed by atoms with van der Waals surface area (Å²) in [4.78, 5) is 6.76. The Kier molecular flexibility index (Phi) is 7.66. The predicted molar refractivity (Wildman–Crippen MR) is 134 cm³/mol. The Labute approximate surface area is 199 Å². The highest BCUT2D eigenvalue weighted by Gasteiger charge is 2.40. The van der Waals surface area contributed by atoms with Crippen LogP contribution in [0.25, 0.3) is 0 Å². The summed E-state index contributed by atoms with van der Waals surface area (Å²) in [7, 11) is 1.67. The average Bonchev–Trinajstić information content (AvgIpc) is 2.88. The Hall–Kier alpha value is -3.28. The zero-order valence-electron chi connectivity index (χ0n) is 18.6. The molecule has 3 aromatic rings. The normalized spacial score (nSPS) is 17.3. The van der Waals surface area contributed by atoms with Crippen molar-refractivity contribution in [3.8, 4) is 5.75 Å². The number of nitrogens with zero attached hydrogens (tertiary/aromatic N) is 2. The highest BCUT2D eigenvalue weighted by Crippen LogP contribution is 2.33. The molecule has 33 heavy (non-hydrogen) atoms. The maximum Gasteiger partial charge on any atom is 0.162 e. The van der Waals surface area contributed by atoms with Crippen LogP contribution in [0.3, 0.4) is 0 Å². The summed E-state index contributed by atoms with van der Waals surface area (Å²) in [5.74, 6) is 1.48. The fourth-order valence-electron chi connectivity index (χ4n) is 3.83. The molecule has 170 valence electrons. The Morgan fingerprint density at radius 2 is 1.52 bits per heavy atom. The van der Waals surface area contributed by atoms with E-state index < -0.39 is 5.60 Å². The Balaban J connectivity index is 1.56. The number of hydrogen-bond donors (Lipinski definition) is 0. The van der Waals surface area contributed by atoms with E-state index >= 15 is 0 Å². The molecule has 1 unspecified atom stereocenters. The molecule has 1 aliphatic rings. The first kappa shape index (κ1) is 22.9. The molecule has 0 bridgehead atoms. The van der Waals surface area contributed by atoms with Crippen LogP contribution in [0.15, 0.2) is 102 Å². The third kappa shape index (κ3) is 5.75. The van der Waals surface area contributed by atoms with Crippen molar-refractivity contribution in [2.75, 3.05) is 38.3 Å². The molecule has 0 spiro atoms. The molecular weight excluding hydrogens is 436 g/mol. The van der Waals surface area contributed by atoms with E-state index in [0.717, 1.165) is 22.9 Å². The second-order valence-corrected chi connectivity index (χ2v) is 8.06. The third-order valence-electron chi connectivity index (χ3n) is 5.44. The predicted octanol–water partition coefficient (Wildman–Crippen LogP) is 5.93. The van der Waals surface area contributed by atoms with Crippen molar-refractivity contribution in [1.29, 1.82) is 0 Å². The summed E-state index contributed by atoms with van der Waals surface area (Å²) in [5, 5.41) is 0.675. The summed E-state index contributed by atoms with van der Waals surface area (Å²) in [6, 6.07) is 27.8. The lowest BCUT2D eigenvalue weighted by molar-refractivity contribution is -0.0473. The maximum absolute atomic E-state index is 6.49. The van der Waals surface area contributed by atoms with Crippen molar-refractivity contribution < 1.29 is 14.2 Å². The van der Waals surface area contributed by atoms with E-state index in [9.17, 15) is 0 Å². The zero-order valence-corrected chi connectivity index (χ0v) is 19.3. The van der Waals surface area contributed by atoms with E-state index in [1.165, 1.54) is 0 Å². The van der Waals surface area contributed by atoms with Gasteiger partial charge >= 0.3 is 0 Å². The molecular formula is C27H27ClN2O3. The van der Waals surface area contributed by atoms with Gasteiger partial charge < -0.3 is 19.1 Å². The highest BCUT2D eigenvalue weighted by molar-refractivity contribution is 6.30. The molecule has 0 aromatic heterocycles. The molecule has 1 heterocycles. The summed E-state index contributed by atoms with van der Waals surface area (Å²) in [6.45, 7) is 1.74. The number of halogens is 1. The quantitative estimate of drug-likeness (QED) is 0.350. The minimum atomic E-state index is -0.765. The largest absolute Gasteiger partial charge is 0.498 e. The Morgan fingerprint density at radius 1 is 0.879 bits per heavy atom. The van der Waals surface area contributed by atoms with Gasteiger partial charge in [0.1, 0.15) is 18.1 Å². The monoisotopic (exact) mass is 462 g/mol. The number of benzene rings is 3. The number of methoxy groups -OCH3 is 1. The van der Waals surface area contributed by atoms with Crippen LogP contribution in [0.5, 0.6) is 5.75 Å². The fourth-order valence-corrected chi connectivity index (χ4v) is 3.95. The molecule has 1 aliphatic heterocycles. The smallest absolute Gasteiger partial charge is 0.162 e. The van der Waals surface area contributed by atoms with Crippen LogP contribution >= 0.6 is 11.6 Å². The lowest BCUT2D eigenvalue weighted by atomic mass is 9.97. The molecule has 3 aromatic carbocycles. The van der Waals surface area contributed by atoms with Crippen LogP contribution in [-0.2, 0) is 9.47 Å². The van der Waals surface area contributed by atoms with Crippen molar-refractivity contribution in [2.45, 2.75) is 5.60 Å². The molecule has 0 fully saturated rings. The number of para-hydroxylation sites is 2. The molecule has 0 N–H and O–H groups in total. The van der Waals surface area contributed by atoms with Gasteiger partial charge in [0.25, 0.3) is 0 Å². The first-order valence-corrected chi connectivity index (χ1v) is 11.2. The van der Waals surface area contributed by atoms with Crippen LogP contribution in [0, 0.1) is 0 Å². The number of dihydropyridines is 1. The molecule has 0 amide bonds. The average molecular weight is 463 g/mol. The van der Waals surface area contributed by atoms with E-state index in [1.807, 2.05) is 54.6 Å². The second kappa shape index (κ2) is 11.0. The van der Waals surface area contributed by atoms with Crippen molar-refractivity contribution in [3.63, 3.8) is 0 Å². The molecule has 0 radical (unpaired) electrons. The number of hydrogen-bond acceptors (Lipinski definition) is 5. The van der Waals surface area contributed by atoms with Gasteiger partial charge in [0.15, 0.2) is 5.60 Å². The SMILES string of the molecule is COC1=CC=NCC1(CN(c1ccccc1)c1ccccc1)OCCOc1ccc(Cl)cc1. The van der Waals surface area contributed by atoms with E-state index in [1.54, 1.807) is 25.5 Å². The van der Waals surface area contributed by atoms with Gasteiger partial charge in [-0.05, 0) is 54.6 Å². The fraction of sp³-hybridized carbons (Fsp3) is 0.222.